The van der Waals surface area contributed by atoms with Gasteiger partial charge in [-0.2, -0.15) is 13.2 Å². The molecule has 9 heteroatoms. The van der Waals surface area contributed by atoms with Crippen molar-refractivity contribution in [2.24, 2.45) is 0 Å². The van der Waals surface area contributed by atoms with Crippen molar-refractivity contribution in [2.45, 2.75) is 12.6 Å². The molecule has 2 amide bonds. The molecule has 1 heterocycles. The van der Waals surface area contributed by atoms with Crippen molar-refractivity contribution in [3.8, 4) is 11.5 Å². The number of benzene rings is 2. The van der Waals surface area contributed by atoms with E-state index in [0.717, 1.165) is 5.75 Å². The Balaban J connectivity index is 1.63. The molecule has 1 aliphatic rings. The number of hydrogen-bond acceptors (Lipinski definition) is 4. The van der Waals surface area contributed by atoms with Crippen LogP contribution >= 0.6 is 0 Å². The SMILES string of the molecule is O=C1COc2cc(NC(=O)C(F)(F)F)ccc2N1CCCOc1ccccc1. The van der Waals surface area contributed by atoms with Crippen LogP contribution in [-0.2, 0) is 9.59 Å². The molecular formula is C19H17F3N2O4. The molecule has 1 N–H and O–H groups in total. The molecule has 28 heavy (non-hydrogen) atoms. The van der Waals surface area contributed by atoms with Gasteiger partial charge in [0.25, 0.3) is 5.91 Å². The quantitative estimate of drug-likeness (QED) is 0.763. The third-order valence-electron chi connectivity index (χ3n) is 3.96. The van der Waals surface area contributed by atoms with Gasteiger partial charge < -0.3 is 19.7 Å². The number of para-hydroxylation sites is 1. The number of hydrogen-bond donors (Lipinski definition) is 1. The first-order valence-corrected chi connectivity index (χ1v) is 8.48. The van der Waals surface area contributed by atoms with Crippen LogP contribution in [0.3, 0.4) is 0 Å². The van der Waals surface area contributed by atoms with E-state index in [0.29, 0.717) is 25.3 Å². The van der Waals surface area contributed by atoms with Crippen molar-refractivity contribution in [1.82, 2.24) is 0 Å². The maximum Gasteiger partial charge on any atom is 0.471 e. The monoisotopic (exact) mass is 394 g/mol. The van der Waals surface area contributed by atoms with Crippen molar-refractivity contribution in [2.75, 3.05) is 30.0 Å². The molecule has 0 saturated carbocycles. The number of carbonyl (C=O) groups excluding carboxylic acids is 2. The van der Waals surface area contributed by atoms with Gasteiger partial charge in [-0.05, 0) is 30.7 Å². The van der Waals surface area contributed by atoms with Gasteiger partial charge in [-0.3, -0.25) is 9.59 Å². The molecule has 0 radical (unpaired) electrons. The molecule has 2 aromatic rings. The van der Waals surface area contributed by atoms with Gasteiger partial charge in [0.1, 0.15) is 11.5 Å². The van der Waals surface area contributed by atoms with Crippen molar-refractivity contribution >= 4 is 23.2 Å². The lowest BCUT2D eigenvalue weighted by molar-refractivity contribution is -0.167. The topological polar surface area (TPSA) is 67.9 Å². The standard InChI is InChI=1S/C19H17F3N2O4/c20-19(21,22)18(26)23-13-7-8-15-16(11-13)28-12-17(25)24(15)9-4-10-27-14-5-2-1-3-6-14/h1-3,5-8,11H,4,9-10,12H2,(H,23,26). The van der Waals surface area contributed by atoms with Crippen LogP contribution in [-0.4, -0.2) is 37.7 Å². The van der Waals surface area contributed by atoms with Gasteiger partial charge in [-0.15, -0.1) is 0 Å². The number of fused-ring (bicyclic) bond motifs is 1. The highest BCUT2D eigenvalue weighted by Crippen LogP contribution is 2.35. The molecule has 1 aliphatic heterocycles. The summed E-state index contributed by atoms with van der Waals surface area (Å²) in [5, 5.41) is 1.76. The molecule has 0 aliphatic carbocycles. The maximum atomic E-state index is 12.4. The molecule has 3 rings (SSSR count). The molecule has 2 aromatic carbocycles. The summed E-state index contributed by atoms with van der Waals surface area (Å²) in [5.74, 6) is -1.39. The Morgan fingerprint density at radius 3 is 2.64 bits per heavy atom. The number of ether oxygens (including phenoxy) is 2. The zero-order chi connectivity index (χ0) is 20.1. The third kappa shape index (κ3) is 4.73. The number of anilines is 2. The average molecular weight is 394 g/mol. The fourth-order valence-corrected chi connectivity index (χ4v) is 2.66. The smallest absolute Gasteiger partial charge is 0.471 e. The Morgan fingerprint density at radius 1 is 1.18 bits per heavy atom. The van der Waals surface area contributed by atoms with Crippen LogP contribution < -0.4 is 19.7 Å². The minimum atomic E-state index is -4.99. The summed E-state index contributed by atoms with van der Waals surface area (Å²) in [6.07, 6.45) is -4.44. The molecule has 0 bridgehead atoms. The summed E-state index contributed by atoms with van der Waals surface area (Å²) in [4.78, 5) is 24.7. The summed E-state index contributed by atoms with van der Waals surface area (Å²) in [7, 11) is 0. The Bertz CT molecular complexity index is 856. The number of nitrogens with zero attached hydrogens (tertiary/aromatic N) is 1. The molecule has 0 aromatic heterocycles. The molecule has 0 spiro atoms. The summed E-state index contributed by atoms with van der Waals surface area (Å²) in [6, 6.07) is 13.2. The zero-order valence-corrected chi connectivity index (χ0v) is 14.7. The van der Waals surface area contributed by atoms with Crippen LogP contribution in [0.5, 0.6) is 11.5 Å². The predicted octanol–water partition coefficient (Wildman–Crippen LogP) is 3.38. The van der Waals surface area contributed by atoms with Crippen molar-refractivity contribution < 1.29 is 32.2 Å². The first kappa shape index (κ1) is 19.5. The van der Waals surface area contributed by atoms with E-state index in [1.807, 2.05) is 30.3 Å². The number of carbonyl (C=O) groups is 2. The minimum Gasteiger partial charge on any atom is -0.494 e. The van der Waals surface area contributed by atoms with E-state index in [-0.39, 0.29) is 24.0 Å². The second-order valence-electron chi connectivity index (χ2n) is 5.98. The Morgan fingerprint density at radius 2 is 1.93 bits per heavy atom. The lowest BCUT2D eigenvalue weighted by Crippen LogP contribution is -2.40. The normalized spacial score (nSPS) is 13.5. The van der Waals surface area contributed by atoms with Crippen LogP contribution in [0.2, 0.25) is 0 Å². The van der Waals surface area contributed by atoms with Crippen LogP contribution in [0.4, 0.5) is 24.5 Å². The van der Waals surface area contributed by atoms with Gasteiger partial charge in [0, 0.05) is 18.3 Å². The second-order valence-corrected chi connectivity index (χ2v) is 5.98. The molecule has 0 saturated heterocycles. The number of alkyl halides is 3. The van der Waals surface area contributed by atoms with E-state index < -0.39 is 12.1 Å². The van der Waals surface area contributed by atoms with Crippen molar-refractivity contribution in [3.63, 3.8) is 0 Å². The van der Waals surface area contributed by atoms with Crippen molar-refractivity contribution in [1.29, 1.82) is 0 Å². The fourth-order valence-electron chi connectivity index (χ4n) is 2.66. The summed E-state index contributed by atoms with van der Waals surface area (Å²) < 4.78 is 48.0. The summed E-state index contributed by atoms with van der Waals surface area (Å²) in [5.41, 5.74) is 0.365. The highest BCUT2D eigenvalue weighted by Gasteiger charge is 2.39. The fraction of sp³-hybridized carbons (Fsp3) is 0.263. The third-order valence-corrected chi connectivity index (χ3v) is 3.96. The largest absolute Gasteiger partial charge is 0.494 e. The highest BCUT2D eigenvalue weighted by atomic mass is 19.4. The first-order valence-electron chi connectivity index (χ1n) is 8.48. The van der Waals surface area contributed by atoms with E-state index >= 15 is 0 Å². The molecule has 6 nitrogen and oxygen atoms in total. The number of nitrogens with one attached hydrogen (secondary N) is 1. The molecule has 0 atom stereocenters. The van der Waals surface area contributed by atoms with Crippen LogP contribution in [0.25, 0.3) is 0 Å². The van der Waals surface area contributed by atoms with Gasteiger partial charge in [0.2, 0.25) is 0 Å². The number of rotatable bonds is 6. The average Bonchev–Trinajstić information content (AvgIpc) is 2.66. The van der Waals surface area contributed by atoms with E-state index in [2.05, 4.69) is 0 Å². The number of halogens is 3. The summed E-state index contributed by atoms with van der Waals surface area (Å²) >= 11 is 0. The Kier molecular flexibility index (Phi) is 5.72. The van der Waals surface area contributed by atoms with Gasteiger partial charge >= 0.3 is 12.1 Å². The number of amides is 2. The highest BCUT2D eigenvalue weighted by molar-refractivity contribution is 5.99. The van der Waals surface area contributed by atoms with E-state index in [4.69, 9.17) is 9.47 Å². The second kappa shape index (κ2) is 8.20. The van der Waals surface area contributed by atoms with Gasteiger partial charge in [-0.25, -0.2) is 0 Å². The lowest BCUT2D eigenvalue weighted by Gasteiger charge is -2.29. The molecule has 0 unspecified atom stereocenters. The Labute approximate surface area is 158 Å². The van der Waals surface area contributed by atoms with Crippen LogP contribution in [0, 0.1) is 0 Å². The molecular weight excluding hydrogens is 377 g/mol. The molecule has 148 valence electrons. The predicted molar refractivity (Wildman–Crippen MR) is 95.5 cm³/mol. The van der Waals surface area contributed by atoms with Crippen LogP contribution in [0.1, 0.15) is 6.42 Å². The summed E-state index contributed by atoms with van der Waals surface area (Å²) in [6.45, 7) is 0.517. The lowest BCUT2D eigenvalue weighted by atomic mass is 10.2. The van der Waals surface area contributed by atoms with E-state index in [1.54, 1.807) is 5.32 Å². The first-order chi connectivity index (χ1) is 13.3. The van der Waals surface area contributed by atoms with E-state index in [9.17, 15) is 22.8 Å². The van der Waals surface area contributed by atoms with Gasteiger partial charge in [-0.1, -0.05) is 18.2 Å². The molecule has 0 fully saturated rings. The Hall–Kier alpha value is -3.23. The van der Waals surface area contributed by atoms with E-state index in [1.165, 1.54) is 23.1 Å². The minimum absolute atomic E-state index is 0.0669. The maximum absolute atomic E-state index is 12.4. The zero-order valence-electron chi connectivity index (χ0n) is 14.7. The van der Waals surface area contributed by atoms with Gasteiger partial charge in [0.15, 0.2) is 6.61 Å². The van der Waals surface area contributed by atoms with Crippen LogP contribution in [0.15, 0.2) is 48.5 Å². The van der Waals surface area contributed by atoms with Gasteiger partial charge in [0.05, 0.1) is 12.3 Å². The van der Waals surface area contributed by atoms with Crippen molar-refractivity contribution in [3.05, 3.63) is 48.5 Å².